The van der Waals surface area contributed by atoms with Gasteiger partial charge in [0, 0.05) is 0 Å². The second-order valence-corrected chi connectivity index (χ2v) is 6.35. The topological polar surface area (TPSA) is 49.2 Å². The Hall–Kier alpha value is 0.0700. The zero-order chi connectivity index (χ0) is 12.6. The Morgan fingerprint density at radius 2 is 1.65 bits per heavy atom. The van der Waals surface area contributed by atoms with Gasteiger partial charge in [0.05, 0.1) is 26.4 Å². The molecule has 1 rings (SSSR count). The maximum absolute atomic E-state index is 12.5. The van der Waals surface area contributed by atoms with Gasteiger partial charge in [-0.05, 0) is 12.8 Å². The summed E-state index contributed by atoms with van der Waals surface area (Å²) in [6.07, 6.45) is 2.19. The molecule has 0 aliphatic carbocycles. The lowest BCUT2D eigenvalue weighted by atomic mass is 10.5. The van der Waals surface area contributed by atoms with Gasteiger partial charge in [0.2, 0.25) is 0 Å². The molecular weight excluding hydrogens is 241 g/mol. The average molecular weight is 266 g/mol. The number of hydrogen-bond donors (Lipinski definition) is 1. The van der Waals surface area contributed by atoms with Crippen molar-refractivity contribution in [3.05, 3.63) is 0 Å². The molecule has 0 spiro atoms. The molecule has 0 radical (unpaired) electrons. The summed E-state index contributed by atoms with van der Waals surface area (Å²) >= 11 is 0. The maximum atomic E-state index is 12.5. The van der Waals surface area contributed by atoms with Crippen molar-refractivity contribution in [2.24, 2.45) is 0 Å². The highest BCUT2D eigenvalue weighted by atomic mass is 31.2. The summed E-state index contributed by atoms with van der Waals surface area (Å²) in [6, 6.07) is 0. The van der Waals surface area contributed by atoms with Gasteiger partial charge in [-0.3, -0.25) is 4.57 Å². The van der Waals surface area contributed by atoms with Crippen LogP contribution in [0.5, 0.6) is 0 Å². The zero-order valence-electron chi connectivity index (χ0n) is 10.9. The number of nitrogens with one attached hydrogen (secondary N) is 1. The highest BCUT2D eigenvalue weighted by molar-refractivity contribution is 7.53. The molecule has 0 unspecified atom stereocenters. The highest BCUT2D eigenvalue weighted by Gasteiger charge is 2.31. The molecular formula is C11H25NO4P+. The largest absolute Gasteiger partial charge is 0.384 e. The molecule has 0 saturated carbocycles. The molecule has 0 aromatic heterocycles. The summed E-state index contributed by atoms with van der Waals surface area (Å²) in [5, 5.41) is 0. The van der Waals surface area contributed by atoms with Crippen LogP contribution < -0.4 is 4.90 Å². The highest BCUT2D eigenvalue weighted by Crippen LogP contribution is 2.46. The maximum Gasteiger partial charge on any atom is 0.384 e. The second kappa shape index (κ2) is 8.22. The van der Waals surface area contributed by atoms with Crippen molar-refractivity contribution in [3.8, 4) is 0 Å². The Morgan fingerprint density at radius 3 is 2.12 bits per heavy atom. The van der Waals surface area contributed by atoms with Gasteiger partial charge in [0.25, 0.3) is 0 Å². The SMILES string of the molecule is CCCOP(=O)(C[NH+]1CCOCC1)OCCC. The van der Waals surface area contributed by atoms with Crippen molar-refractivity contribution in [1.82, 2.24) is 0 Å². The molecule has 5 nitrogen and oxygen atoms in total. The number of hydrogen-bond acceptors (Lipinski definition) is 4. The minimum Gasteiger partial charge on any atom is -0.370 e. The molecule has 1 fully saturated rings. The first-order valence-corrected chi connectivity index (χ1v) is 8.22. The van der Waals surface area contributed by atoms with Gasteiger partial charge in [0.1, 0.15) is 13.1 Å². The molecule has 0 aromatic carbocycles. The second-order valence-electron chi connectivity index (χ2n) is 4.30. The van der Waals surface area contributed by atoms with Crippen LogP contribution in [-0.2, 0) is 18.3 Å². The zero-order valence-corrected chi connectivity index (χ0v) is 11.8. The fourth-order valence-electron chi connectivity index (χ4n) is 1.68. The lowest BCUT2D eigenvalue weighted by molar-refractivity contribution is -0.897. The molecule has 0 amide bonds. The monoisotopic (exact) mass is 266 g/mol. The summed E-state index contributed by atoms with van der Waals surface area (Å²) in [7, 11) is -2.91. The van der Waals surface area contributed by atoms with E-state index in [1.807, 2.05) is 13.8 Å². The van der Waals surface area contributed by atoms with Crippen LogP contribution in [-0.4, -0.2) is 45.8 Å². The number of ether oxygens (including phenoxy) is 1. The number of rotatable bonds is 8. The average Bonchev–Trinajstić information content (AvgIpc) is 2.35. The van der Waals surface area contributed by atoms with Crippen molar-refractivity contribution in [2.45, 2.75) is 26.7 Å². The van der Waals surface area contributed by atoms with E-state index in [-0.39, 0.29) is 0 Å². The van der Waals surface area contributed by atoms with Crippen molar-refractivity contribution in [3.63, 3.8) is 0 Å². The molecule has 0 aromatic rings. The number of morpholine rings is 1. The molecule has 1 saturated heterocycles. The van der Waals surface area contributed by atoms with Gasteiger partial charge in [-0.15, -0.1) is 0 Å². The fraction of sp³-hybridized carbons (Fsp3) is 1.00. The first-order valence-electron chi connectivity index (χ1n) is 6.49. The molecule has 0 atom stereocenters. The fourth-order valence-corrected chi connectivity index (χ4v) is 3.72. The normalized spacial score (nSPS) is 18.5. The smallest absolute Gasteiger partial charge is 0.370 e. The predicted molar refractivity (Wildman–Crippen MR) is 66.5 cm³/mol. The van der Waals surface area contributed by atoms with E-state index < -0.39 is 7.60 Å². The van der Waals surface area contributed by atoms with E-state index >= 15 is 0 Å². The van der Waals surface area contributed by atoms with Crippen molar-refractivity contribution < 1.29 is 23.2 Å². The molecule has 1 aliphatic heterocycles. The lowest BCUT2D eigenvalue weighted by Crippen LogP contribution is -3.13. The summed E-state index contributed by atoms with van der Waals surface area (Å²) in [6.45, 7) is 8.25. The third kappa shape index (κ3) is 5.98. The molecule has 6 heteroatoms. The Balaban J connectivity index is 2.45. The molecule has 0 bridgehead atoms. The summed E-state index contributed by atoms with van der Waals surface area (Å²) < 4.78 is 28.7. The number of quaternary nitrogens is 1. The predicted octanol–water partition coefficient (Wildman–Crippen LogP) is 0.905. The van der Waals surface area contributed by atoms with E-state index in [2.05, 4.69) is 0 Å². The van der Waals surface area contributed by atoms with Crippen LogP contribution in [0.15, 0.2) is 0 Å². The van der Waals surface area contributed by atoms with Crippen molar-refractivity contribution in [2.75, 3.05) is 45.8 Å². The molecule has 102 valence electrons. The van der Waals surface area contributed by atoms with E-state index in [9.17, 15) is 4.57 Å². The quantitative estimate of drug-likeness (QED) is 0.663. The molecule has 1 N–H and O–H groups in total. The van der Waals surface area contributed by atoms with Crippen LogP contribution in [0, 0.1) is 0 Å². The van der Waals surface area contributed by atoms with E-state index in [0.29, 0.717) is 19.5 Å². The van der Waals surface area contributed by atoms with Gasteiger partial charge in [-0.1, -0.05) is 13.8 Å². The van der Waals surface area contributed by atoms with Gasteiger partial charge < -0.3 is 18.7 Å². The van der Waals surface area contributed by atoms with Gasteiger partial charge in [-0.25, -0.2) is 0 Å². The molecule has 1 heterocycles. The van der Waals surface area contributed by atoms with Crippen LogP contribution in [0.3, 0.4) is 0 Å². The van der Waals surface area contributed by atoms with Gasteiger partial charge in [-0.2, -0.15) is 0 Å². The van der Waals surface area contributed by atoms with Crippen LogP contribution in [0.4, 0.5) is 0 Å². The van der Waals surface area contributed by atoms with E-state index in [1.54, 1.807) is 0 Å². The third-order valence-corrected chi connectivity index (χ3v) is 4.59. The Labute approximate surface area is 104 Å². The Morgan fingerprint density at radius 1 is 1.12 bits per heavy atom. The first kappa shape index (κ1) is 15.1. The third-order valence-electron chi connectivity index (χ3n) is 2.60. The van der Waals surface area contributed by atoms with E-state index in [0.717, 1.165) is 39.1 Å². The first-order chi connectivity index (χ1) is 8.20. The summed E-state index contributed by atoms with van der Waals surface area (Å²) in [4.78, 5) is 1.26. The minimum absolute atomic E-state index is 0.469. The van der Waals surface area contributed by atoms with Gasteiger partial charge in [0.15, 0.2) is 6.29 Å². The van der Waals surface area contributed by atoms with E-state index in [4.69, 9.17) is 13.8 Å². The molecule has 17 heavy (non-hydrogen) atoms. The van der Waals surface area contributed by atoms with E-state index in [1.165, 1.54) is 4.90 Å². The van der Waals surface area contributed by atoms with Crippen molar-refractivity contribution in [1.29, 1.82) is 0 Å². The minimum atomic E-state index is -2.91. The van der Waals surface area contributed by atoms with Crippen molar-refractivity contribution >= 4 is 7.60 Å². The summed E-state index contributed by atoms with van der Waals surface area (Å²) in [5.74, 6) is 0. The standard InChI is InChI=1S/C11H24NO4P/c1-3-7-15-17(13,16-8-4-2)11-12-5-9-14-10-6-12/h3-11H2,1-2H3/p+1. The van der Waals surface area contributed by atoms with Crippen LogP contribution in [0.25, 0.3) is 0 Å². The lowest BCUT2D eigenvalue weighted by Gasteiger charge is -2.27. The Bertz CT molecular complexity index is 232. The molecule has 1 aliphatic rings. The van der Waals surface area contributed by atoms with Crippen LogP contribution in [0.1, 0.15) is 26.7 Å². The summed E-state index contributed by atoms with van der Waals surface area (Å²) in [5.41, 5.74) is 0. The van der Waals surface area contributed by atoms with Crippen LogP contribution >= 0.6 is 7.60 Å². The van der Waals surface area contributed by atoms with Gasteiger partial charge >= 0.3 is 7.60 Å². The van der Waals surface area contributed by atoms with Crippen LogP contribution in [0.2, 0.25) is 0 Å². The Kier molecular flexibility index (Phi) is 7.32.